The van der Waals surface area contributed by atoms with Crippen molar-refractivity contribution in [3.63, 3.8) is 0 Å². The molecule has 2 heterocycles. The lowest BCUT2D eigenvalue weighted by atomic mass is 10.3. The highest BCUT2D eigenvalue weighted by molar-refractivity contribution is 7.99. The molecular weight excluding hydrogens is 367 g/mol. The van der Waals surface area contributed by atoms with E-state index in [9.17, 15) is 18.0 Å². The fraction of sp³-hybridized carbons (Fsp3) is 0.357. The van der Waals surface area contributed by atoms with Crippen molar-refractivity contribution in [3.8, 4) is 0 Å². The first-order valence-electron chi connectivity index (χ1n) is 6.83. The molecule has 10 heteroatoms. The maximum absolute atomic E-state index is 12.6. The Balaban J connectivity index is 2.18. The van der Waals surface area contributed by atoms with Gasteiger partial charge in [-0.15, -0.1) is 0 Å². The molecule has 0 atom stereocenters. The summed E-state index contributed by atoms with van der Waals surface area (Å²) in [6.45, 7) is 2.23. The minimum absolute atomic E-state index is 0.0149. The third-order valence-corrected chi connectivity index (χ3v) is 4.54. The normalized spacial score (nSPS) is 11.7. The highest BCUT2D eigenvalue weighted by Crippen LogP contribution is 2.36. The number of carboxylic acid groups (broad SMARTS) is 1. The molecule has 0 aliphatic rings. The van der Waals surface area contributed by atoms with Crippen molar-refractivity contribution >= 4 is 29.3 Å². The molecule has 2 aromatic rings. The molecule has 0 bridgehead atoms. The maximum Gasteiger partial charge on any atom is 0.417 e. The topological polar surface area (TPSA) is 68.0 Å². The van der Waals surface area contributed by atoms with Crippen molar-refractivity contribution in [2.75, 3.05) is 0 Å². The van der Waals surface area contributed by atoms with E-state index in [2.05, 4.69) is 9.97 Å². The van der Waals surface area contributed by atoms with Crippen LogP contribution in [0.15, 0.2) is 28.6 Å². The summed E-state index contributed by atoms with van der Waals surface area (Å²) in [4.78, 5) is 18.5. The Morgan fingerprint density at radius 3 is 2.67 bits per heavy atom. The lowest BCUT2D eigenvalue weighted by Gasteiger charge is -2.11. The van der Waals surface area contributed by atoms with Crippen molar-refractivity contribution in [2.45, 2.75) is 42.7 Å². The largest absolute Gasteiger partial charge is 0.481 e. The van der Waals surface area contributed by atoms with E-state index >= 15 is 0 Å². The summed E-state index contributed by atoms with van der Waals surface area (Å²) < 4.78 is 39.7. The zero-order chi connectivity index (χ0) is 17.9. The number of hydrogen-bond donors (Lipinski definition) is 1. The van der Waals surface area contributed by atoms with E-state index in [0.29, 0.717) is 18.1 Å². The van der Waals surface area contributed by atoms with Crippen LogP contribution in [0.2, 0.25) is 5.02 Å². The molecule has 0 saturated carbocycles. The van der Waals surface area contributed by atoms with Gasteiger partial charge in [-0.3, -0.25) is 4.79 Å². The van der Waals surface area contributed by atoms with Crippen LogP contribution < -0.4 is 0 Å². The number of carbonyl (C=O) groups is 1. The number of alkyl halides is 3. The van der Waals surface area contributed by atoms with Crippen LogP contribution in [0, 0.1) is 6.92 Å². The van der Waals surface area contributed by atoms with E-state index < -0.39 is 17.7 Å². The van der Waals surface area contributed by atoms with Gasteiger partial charge in [0.05, 0.1) is 10.6 Å². The predicted octanol–water partition coefficient (Wildman–Crippen LogP) is 4.27. The van der Waals surface area contributed by atoms with E-state index in [1.54, 1.807) is 17.7 Å². The van der Waals surface area contributed by atoms with E-state index in [1.165, 1.54) is 0 Å². The zero-order valence-corrected chi connectivity index (χ0v) is 14.0. The van der Waals surface area contributed by atoms with Gasteiger partial charge in [0.15, 0.2) is 5.16 Å². The molecule has 24 heavy (non-hydrogen) atoms. The van der Waals surface area contributed by atoms with Gasteiger partial charge >= 0.3 is 12.1 Å². The Morgan fingerprint density at radius 2 is 2.08 bits per heavy atom. The first kappa shape index (κ1) is 18.6. The predicted molar refractivity (Wildman–Crippen MR) is 82.2 cm³/mol. The van der Waals surface area contributed by atoms with Gasteiger partial charge in [-0.05, 0) is 31.2 Å². The Kier molecular flexibility index (Phi) is 5.76. The molecule has 5 nitrogen and oxygen atoms in total. The fourth-order valence-corrected chi connectivity index (χ4v) is 3.09. The Labute approximate surface area is 144 Å². The van der Waals surface area contributed by atoms with Crippen molar-refractivity contribution in [3.05, 3.63) is 34.7 Å². The Hall–Kier alpha value is -1.74. The summed E-state index contributed by atoms with van der Waals surface area (Å²) in [5.74, 6) is -0.894. The number of aryl methyl sites for hydroxylation is 1. The molecule has 0 spiro atoms. The van der Waals surface area contributed by atoms with E-state index in [1.807, 2.05) is 0 Å². The third-order valence-electron chi connectivity index (χ3n) is 3.11. The second-order valence-electron chi connectivity index (χ2n) is 4.94. The molecule has 1 N–H and O–H groups in total. The monoisotopic (exact) mass is 379 g/mol. The van der Waals surface area contributed by atoms with Gasteiger partial charge in [0.25, 0.3) is 0 Å². The SMILES string of the molecule is Cc1cnc(Sc2ncc(C(F)(F)F)cc2Cl)n1CCCC(=O)O. The van der Waals surface area contributed by atoms with Gasteiger partial charge in [-0.25, -0.2) is 9.97 Å². The molecule has 2 aromatic heterocycles. The molecule has 2 rings (SSSR count). The number of halogens is 4. The van der Waals surface area contributed by atoms with Crippen LogP contribution in [0.25, 0.3) is 0 Å². The minimum Gasteiger partial charge on any atom is -0.481 e. The second kappa shape index (κ2) is 7.43. The second-order valence-corrected chi connectivity index (χ2v) is 6.31. The van der Waals surface area contributed by atoms with Crippen molar-refractivity contribution in [1.29, 1.82) is 0 Å². The molecule has 130 valence electrons. The molecule has 0 aromatic carbocycles. The summed E-state index contributed by atoms with van der Waals surface area (Å²) in [6, 6.07) is 0.821. The molecule has 0 radical (unpaired) electrons. The number of hydrogen-bond acceptors (Lipinski definition) is 4. The van der Waals surface area contributed by atoms with Gasteiger partial charge in [-0.1, -0.05) is 11.6 Å². The van der Waals surface area contributed by atoms with Crippen molar-refractivity contribution < 1.29 is 23.1 Å². The molecular formula is C14H13ClF3N3O2S. The summed E-state index contributed by atoms with van der Waals surface area (Å²) in [6.07, 6.45) is -1.76. The van der Waals surface area contributed by atoms with Crippen molar-refractivity contribution in [2.24, 2.45) is 0 Å². The van der Waals surface area contributed by atoms with Gasteiger partial charge in [0.2, 0.25) is 0 Å². The Bertz CT molecular complexity index is 749. The number of rotatable bonds is 6. The highest BCUT2D eigenvalue weighted by Gasteiger charge is 2.31. The maximum atomic E-state index is 12.6. The van der Waals surface area contributed by atoms with Crippen LogP contribution in [-0.4, -0.2) is 25.6 Å². The summed E-state index contributed by atoms with van der Waals surface area (Å²) >= 11 is 6.93. The number of carboxylic acids is 1. The zero-order valence-electron chi connectivity index (χ0n) is 12.5. The number of nitrogens with zero attached hydrogens (tertiary/aromatic N) is 3. The van der Waals surface area contributed by atoms with E-state index in [0.717, 1.165) is 29.7 Å². The minimum atomic E-state index is -4.51. The molecule has 0 aliphatic heterocycles. The Morgan fingerprint density at radius 1 is 1.38 bits per heavy atom. The van der Waals surface area contributed by atoms with Crippen LogP contribution >= 0.6 is 23.4 Å². The van der Waals surface area contributed by atoms with Gasteiger partial charge < -0.3 is 9.67 Å². The lowest BCUT2D eigenvalue weighted by Crippen LogP contribution is -2.06. The summed E-state index contributed by atoms with van der Waals surface area (Å²) in [7, 11) is 0. The third kappa shape index (κ3) is 4.64. The number of aliphatic carboxylic acids is 1. The molecule has 0 unspecified atom stereocenters. The van der Waals surface area contributed by atoms with Crippen LogP contribution in [0.3, 0.4) is 0 Å². The highest BCUT2D eigenvalue weighted by atomic mass is 35.5. The lowest BCUT2D eigenvalue weighted by molar-refractivity contribution is -0.138. The van der Waals surface area contributed by atoms with Crippen LogP contribution in [0.4, 0.5) is 13.2 Å². The van der Waals surface area contributed by atoms with Gasteiger partial charge in [0, 0.05) is 31.1 Å². The molecule has 0 aliphatic carbocycles. The first-order chi connectivity index (χ1) is 11.2. The number of aromatic nitrogens is 3. The smallest absolute Gasteiger partial charge is 0.417 e. The standard InChI is InChI=1S/C14H13ClF3N3O2S/c1-8-6-20-13(21(8)4-2-3-11(22)23)24-12-10(15)5-9(7-19-12)14(16,17)18/h5-7H,2-4H2,1H3,(H,22,23). The molecule has 0 amide bonds. The van der Waals surface area contributed by atoms with Gasteiger partial charge in [0.1, 0.15) is 5.03 Å². The van der Waals surface area contributed by atoms with Crippen LogP contribution in [-0.2, 0) is 17.5 Å². The average Bonchev–Trinajstić information content (AvgIpc) is 2.81. The summed E-state index contributed by atoms with van der Waals surface area (Å²) in [5, 5.41) is 9.27. The fourth-order valence-electron chi connectivity index (χ4n) is 1.92. The summed E-state index contributed by atoms with van der Waals surface area (Å²) in [5.41, 5.74) is -0.108. The van der Waals surface area contributed by atoms with Crippen LogP contribution in [0.5, 0.6) is 0 Å². The number of pyridine rings is 1. The average molecular weight is 380 g/mol. The molecule has 0 saturated heterocycles. The molecule has 0 fully saturated rings. The first-order valence-corrected chi connectivity index (χ1v) is 8.02. The number of imidazole rings is 1. The van der Waals surface area contributed by atoms with E-state index in [-0.39, 0.29) is 16.5 Å². The van der Waals surface area contributed by atoms with Crippen molar-refractivity contribution in [1.82, 2.24) is 14.5 Å². The van der Waals surface area contributed by atoms with Crippen LogP contribution in [0.1, 0.15) is 24.1 Å². The quantitative estimate of drug-likeness (QED) is 0.811. The van der Waals surface area contributed by atoms with Gasteiger partial charge in [-0.2, -0.15) is 13.2 Å². The van der Waals surface area contributed by atoms with E-state index in [4.69, 9.17) is 16.7 Å².